The average Bonchev–Trinajstić information content (AvgIpc) is 3.02. The highest BCUT2D eigenvalue weighted by Gasteiger charge is 2.43. The molecule has 0 saturated carbocycles. The van der Waals surface area contributed by atoms with Gasteiger partial charge in [0, 0.05) is 13.0 Å². The third-order valence-corrected chi connectivity index (χ3v) is 5.35. The number of aliphatic hydroxyl groups is 1. The molecule has 1 heterocycles. The van der Waals surface area contributed by atoms with E-state index in [1.165, 1.54) is 4.90 Å². The van der Waals surface area contributed by atoms with Crippen molar-refractivity contribution < 1.29 is 29.3 Å². The quantitative estimate of drug-likeness (QED) is 0.463. The number of hydrogen-bond donors (Lipinski definition) is 3. The maximum Gasteiger partial charge on any atom is 0.408 e. The van der Waals surface area contributed by atoms with Gasteiger partial charge in [0.25, 0.3) is 0 Å². The minimum Gasteiger partial charge on any atom is -0.480 e. The fraction of sp³-hybridized carbons (Fsp3) is 0.773. The van der Waals surface area contributed by atoms with E-state index in [-0.39, 0.29) is 18.9 Å². The Hall–Kier alpha value is -2.09. The van der Waals surface area contributed by atoms with Gasteiger partial charge in [-0.2, -0.15) is 0 Å². The first-order valence-corrected chi connectivity index (χ1v) is 10.7. The van der Waals surface area contributed by atoms with E-state index in [2.05, 4.69) is 18.8 Å². The summed E-state index contributed by atoms with van der Waals surface area (Å²) < 4.78 is 5.34. The number of carbonyl (C=O) groups excluding carboxylic acids is 2. The fourth-order valence-electron chi connectivity index (χ4n) is 3.86. The first kappa shape index (κ1) is 25.9. The Morgan fingerprint density at radius 1 is 1.33 bits per heavy atom. The Balaban J connectivity index is 3.11. The number of β-amino-alcohol motifs (C(OH)–C–C–N with tert-alkyl or cyclic N) is 1. The molecule has 1 unspecified atom stereocenters. The van der Waals surface area contributed by atoms with Gasteiger partial charge in [0.05, 0.1) is 6.10 Å². The van der Waals surface area contributed by atoms with Crippen molar-refractivity contribution in [3.63, 3.8) is 0 Å². The number of ether oxygens (including phenoxy) is 1. The number of amides is 2. The molecule has 1 saturated heterocycles. The highest BCUT2D eigenvalue weighted by atomic mass is 16.6. The van der Waals surface area contributed by atoms with E-state index >= 15 is 0 Å². The van der Waals surface area contributed by atoms with Crippen molar-refractivity contribution in [2.24, 2.45) is 11.8 Å². The number of likely N-dealkylation sites (tertiary alicyclic amines) is 1. The lowest BCUT2D eigenvalue weighted by molar-refractivity contribution is -0.149. The lowest BCUT2D eigenvalue weighted by atomic mass is 9.85. The van der Waals surface area contributed by atoms with Gasteiger partial charge >= 0.3 is 12.1 Å². The first-order valence-electron chi connectivity index (χ1n) is 10.7. The molecule has 0 aromatic heterocycles. The number of rotatable bonds is 10. The summed E-state index contributed by atoms with van der Waals surface area (Å²) in [7, 11) is 0. The maximum absolute atomic E-state index is 13.4. The summed E-state index contributed by atoms with van der Waals surface area (Å²) in [5.41, 5.74) is -0.732. The van der Waals surface area contributed by atoms with Crippen LogP contribution in [0.5, 0.6) is 0 Å². The Morgan fingerprint density at radius 3 is 2.47 bits per heavy atom. The van der Waals surface area contributed by atoms with E-state index in [9.17, 15) is 24.6 Å². The SMILES string of the molecule is C=CCCC(C)C[C@@H](CC)[C@H](NC(=O)OC(C)(C)C)C(=O)N1C[C@H](O)C[C@H]1C(=O)O. The second-order valence-corrected chi connectivity index (χ2v) is 9.23. The van der Waals surface area contributed by atoms with Crippen LogP contribution in [0.15, 0.2) is 12.7 Å². The highest BCUT2D eigenvalue weighted by molar-refractivity contribution is 5.90. The molecule has 8 heteroatoms. The molecule has 1 fully saturated rings. The minimum absolute atomic E-state index is 0.0211. The monoisotopic (exact) mass is 426 g/mol. The molecule has 0 spiro atoms. The molecule has 8 nitrogen and oxygen atoms in total. The molecule has 3 N–H and O–H groups in total. The second-order valence-electron chi connectivity index (χ2n) is 9.23. The van der Waals surface area contributed by atoms with Crippen molar-refractivity contribution in [1.29, 1.82) is 0 Å². The van der Waals surface area contributed by atoms with Crippen LogP contribution in [0.25, 0.3) is 0 Å². The van der Waals surface area contributed by atoms with E-state index in [0.717, 1.165) is 12.8 Å². The zero-order valence-corrected chi connectivity index (χ0v) is 18.9. The van der Waals surface area contributed by atoms with Gasteiger partial charge in [-0.15, -0.1) is 6.58 Å². The number of aliphatic hydroxyl groups excluding tert-OH is 1. The van der Waals surface area contributed by atoms with E-state index < -0.39 is 41.8 Å². The van der Waals surface area contributed by atoms with Crippen molar-refractivity contribution in [2.75, 3.05) is 6.54 Å². The normalized spacial score (nSPS) is 22.1. The summed E-state index contributed by atoms with van der Waals surface area (Å²) in [5.74, 6) is -1.56. The van der Waals surface area contributed by atoms with Gasteiger partial charge in [0.1, 0.15) is 17.7 Å². The number of nitrogens with one attached hydrogen (secondary N) is 1. The minimum atomic E-state index is -1.16. The van der Waals surface area contributed by atoms with Gasteiger partial charge in [-0.25, -0.2) is 9.59 Å². The topological polar surface area (TPSA) is 116 Å². The first-order chi connectivity index (χ1) is 13.9. The molecule has 0 aliphatic carbocycles. The van der Waals surface area contributed by atoms with Gasteiger partial charge in [-0.3, -0.25) is 4.79 Å². The Morgan fingerprint density at radius 2 is 1.97 bits per heavy atom. The zero-order chi connectivity index (χ0) is 23.1. The van der Waals surface area contributed by atoms with Crippen LogP contribution in [0.1, 0.15) is 66.7 Å². The smallest absolute Gasteiger partial charge is 0.408 e. The molecule has 172 valence electrons. The number of carboxylic acids is 1. The largest absolute Gasteiger partial charge is 0.480 e. The molecule has 2 amide bonds. The van der Waals surface area contributed by atoms with E-state index in [0.29, 0.717) is 18.8 Å². The molecule has 0 aromatic rings. The van der Waals surface area contributed by atoms with Crippen molar-refractivity contribution in [3.8, 4) is 0 Å². The van der Waals surface area contributed by atoms with Crippen LogP contribution in [-0.2, 0) is 14.3 Å². The zero-order valence-electron chi connectivity index (χ0n) is 18.9. The van der Waals surface area contributed by atoms with Crippen LogP contribution >= 0.6 is 0 Å². The number of carbonyl (C=O) groups is 3. The summed E-state index contributed by atoms with van der Waals surface area (Å²) in [6.07, 6.45) is 3.29. The number of nitrogens with zero attached hydrogens (tertiary/aromatic N) is 1. The average molecular weight is 427 g/mol. The Labute approximate surface area is 179 Å². The van der Waals surface area contributed by atoms with Gasteiger partial charge in [0.2, 0.25) is 5.91 Å². The predicted molar refractivity (Wildman–Crippen MR) is 114 cm³/mol. The third-order valence-electron chi connectivity index (χ3n) is 5.35. The van der Waals surface area contributed by atoms with E-state index in [1.54, 1.807) is 20.8 Å². The fourth-order valence-corrected chi connectivity index (χ4v) is 3.86. The van der Waals surface area contributed by atoms with Crippen LogP contribution in [-0.4, -0.2) is 63.4 Å². The van der Waals surface area contributed by atoms with Crippen LogP contribution in [0.3, 0.4) is 0 Å². The van der Waals surface area contributed by atoms with Crippen molar-refractivity contribution in [1.82, 2.24) is 10.2 Å². The lowest BCUT2D eigenvalue weighted by Gasteiger charge is -2.33. The molecule has 1 aliphatic rings. The van der Waals surface area contributed by atoms with Gasteiger partial charge in [-0.05, 0) is 51.9 Å². The number of alkyl carbamates (subject to hydrolysis) is 1. The van der Waals surface area contributed by atoms with Gasteiger partial charge < -0.3 is 25.2 Å². The number of aliphatic carboxylic acids is 1. The molecular weight excluding hydrogens is 388 g/mol. The molecule has 30 heavy (non-hydrogen) atoms. The summed E-state index contributed by atoms with van der Waals surface area (Å²) >= 11 is 0. The predicted octanol–water partition coefficient (Wildman–Crippen LogP) is 2.94. The molecule has 1 rings (SSSR count). The van der Waals surface area contributed by atoms with Gasteiger partial charge in [-0.1, -0.05) is 26.3 Å². The third kappa shape index (κ3) is 7.97. The molecular formula is C22H38N2O6. The molecule has 0 radical (unpaired) electrons. The van der Waals surface area contributed by atoms with Crippen LogP contribution < -0.4 is 5.32 Å². The summed E-state index contributed by atoms with van der Waals surface area (Å²) in [4.78, 5) is 38.6. The number of hydrogen-bond acceptors (Lipinski definition) is 5. The van der Waals surface area contributed by atoms with E-state index in [1.807, 2.05) is 13.0 Å². The summed E-state index contributed by atoms with van der Waals surface area (Å²) in [6.45, 7) is 12.9. The summed E-state index contributed by atoms with van der Waals surface area (Å²) in [6, 6.07) is -2.03. The number of carboxylic acid groups (broad SMARTS) is 1. The van der Waals surface area contributed by atoms with Crippen molar-refractivity contribution in [2.45, 2.75) is 90.5 Å². The molecule has 0 aromatic carbocycles. The Kier molecular flexibility index (Phi) is 9.81. The second kappa shape index (κ2) is 11.3. The van der Waals surface area contributed by atoms with Crippen LogP contribution in [0, 0.1) is 11.8 Å². The van der Waals surface area contributed by atoms with Crippen LogP contribution in [0.4, 0.5) is 4.79 Å². The highest BCUT2D eigenvalue weighted by Crippen LogP contribution is 2.27. The van der Waals surface area contributed by atoms with Gasteiger partial charge in [0.15, 0.2) is 0 Å². The molecule has 5 atom stereocenters. The number of allylic oxidation sites excluding steroid dienone is 1. The van der Waals surface area contributed by atoms with E-state index in [4.69, 9.17) is 4.74 Å². The van der Waals surface area contributed by atoms with Crippen LogP contribution in [0.2, 0.25) is 0 Å². The van der Waals surface area contributed by atoms with Crippen molar-refractivity contribution in [3.05, 3.63) is 12.7 Å². The molecule has 1 aliphatic heterocycles. The lowest BCUT2D eigenvalue weighted by Crippen LogP contribution is -2.55. The molecule has 0 bridgehead atoms. The standard InChI is InChI=1S/C22H38N2O6/c1-7-9-10-14(3)11-15(8-2)18(23-21(29)30-22(4,5)6)19(26)24-13-16(25)12-17(24)20(27)28/h7,14-18,25H,1,8-13H2,2-6H3,(H,23,29)(H,27,28)/t14?,15-,16-,17+,18+/m1/s1. The maximum atomic E-state index is 13.4. The van der Waals surface area contributed by atoms with Crippen molar-refractivity contribution >= 4 is 18.0 Å². The Bertz CT molecular complexity index is 615. The summed E-state index contributed by atoms with van der Waals surface area (Å²) in [5, 5.41) is 22.1.